The number of para-hydroxylation sites is 1. The summed E-state index contributed by atoms with van der Waals surface area (Å²) in [5, 5.41) is 16.9. The molecule has 0 atom stereocenters. The molecule has 0 aliphatic rings. The Kier molecular flexibility index (Phi) is 5.74. The summed E-state index contributed by atoms with van der Waals surface area (Å²) in [6.45, 7) is 2.06. The van der Waals surface area contributed by atoms with Gasteiger partial charge in [-0.15, -0.1) is 11.3 Å². The van der Waals surface area contributed by atoms with Gasteiger partial charge in [-0.25, -0.2) is 4.98 Å². The highest BCUT2D eigenvalue weighted by Gasteiger charge is 2.13. The molecule has 0 aliphatic carbocycles. The molecule has 1 heterocycles. The number of fused-ring (bicyclic) bond motifs is 1. The molecule has 4 rings (SSSR count). The van der Waals surface area contributed by atoms with Gasteiger partial charge in [0.25, 0.3) is 5.91 Å². The number of thiocarbonyl (C=S) groups is 1. The van der Waals surface area contributed by atoms with E-state index in [1.807, 2.05) is 36.4 Å². The minimum atomic E-state index is -0.277. The van der Waals surface area contributed by atoms with Crippen LogP contribution in [0.4, 0.5) is 5.69 Å². The van der Waals surface area contributed by atoms with Crippen molar-refractivity contribution in [2.24, 2.45) is 0 Å². The molecule has 5 nitrogen and oxygen atoms in total. The van der Waals surface area contributed by atoms with Crippen LogP contribution in [-0.4, -0.2) is 21.1 Å². The summed E-state index contributed by atoms with van der Waals surface area (Å²) in [5.41, 5.74) is 3.84. The predicted molar refractivity (Wildman–Crippen MR) is 126 cm³/mol. The number of benzene rings is 3. The predicted octanol–water partition coefficient (Wildman–Crippen LogP) is 5.36. The van der Waals surface area contributed by atoms with Crippen LogP contribution in [0, 0.1) is 0 Å². The molecule has 7 heteroatoms. The van der Waals surface area contributed by atoms with Gasteiger partial charge in [-0.1, -0.05) is 31.2 Å². The number of aryl methyl sites for hydroxylation is 1. The van der Waals surface area contributed by atoms with E-state index in [-0.39, 0.29) is 16.8 Å². The topological polar surface area (TPSA) is 74.2 Å². The molecule has 3 N–H and O–H groups in total. The highest BCUT2D eigenvalue weighted by Crippen LogP contribution is 2.36. The molecule has 4 aromatic rings. The zero-order valence-corrected chi connectivity index (χ0v) is 17.8. The molecule has 0 spiro atoms. The second-order valence-electron chi connectivity index (χ2n) is 6.68. The van der Waals surface area contributed by atoms with Crippen LogP contribution < -0.4 is 10.6 Å². The van der Waals surface area contributed by atoms with Crippen molar-refractivity contribution in [3.63, 3.8) is 0 Å². The van der Waals surface area contributed by atoms with Gasteiger partial charge in [0.15, 0.2) is 5.11 Å². The molecule has 0 saturated carbocycles. The van der Waals surface area contributed by atoms with Crippen molar-refractivity contribution < 1.29 is 9.90 Å². The second-order valence-corrected chi connectivity index (χ2v) is 8.12. The van der Waals surface area contributed by atoms with Crippen LogP contribution in [0.3, 0.4) is 0 Å². The lowest BCUT2D eigenvalue weighted by Crippen LogP contribution is -2.34. The average Bonchev–Trinajstić information content (AvgIpc) is 3.19. The molecule has 0 unspecified atom stereocenters. The normalized spacial score (nSPS) is 10.7. The van der Waals surface area contributed by atoms with E-state index < -0.39 is 0 Å². The summed E-state index contributed by atoms with van der Waals surface area (Å²) in [7, 11) is 0. The largest absolute Gasteiger partial charge is 0.507 e. The molecule has 1 amide bonds. The van der Waals surface area contributed by atoms with Crippen molar-refractivity contribution in [3.05, 3.63) is 77.9 Å². The van der Waals surface area contributed by atoms with E-state index >= 15 is 0 Å². The van der Waals surface area contributed by atoms with Crippen molar-refractivity contribution >= 4 is 50.5 Å². The number of rotatable bonds is 4. The van der Waals surface area contributed by atoms with Gasteiger partial charge in [-0.05, 0) is 66.7 Å². The zero-order valence-electron chi connectivity index (χ0n) is 16.2. The zero-order chi connectivity index (χ0) is 21.1. The van der Waals surface area contributed by atoms with Crippen LogP contribution in [-0.2, 0) is 6.42 Å². The van der Waals surface area contributed by atoms with E-state index in [1.54, 1.807) is 30.3 Å². The number of carbonyl (C=O) groups excluding carboxylic acids is 1. The number of hydrogen-bond acceptors (Lipinski definition) is 5. The summed E-state index contributed by atoms with van der Waals surface area (Å²) < 4.78 is 1.04. The van der Waals surface area contributed by atoms with Crippen molar-refractivity contribution in [2.75, 3.05) is 5.32 Å². The number of amides is 1. The van der Waals surface area contributed by atoms with Crippen molar-refractivity contribution in [3.8, 4) is 16.3 Å². The van der Waals surface area contributed by atoms with Gasteiger partial charge in [0.2, 0.25) is 0 Å². The number of aromatic nitrogens is 1. The number of nitrogens with one attached hydrogen (secondary N) is 2. The third kappa shape index (κ3) is 4.32. The van der Waals surface area contributed by atoms with E-state index in [1.165, 1.54) is 16.9 Å². The molecular weight excluding hydrogens is 414 g/mol. The molecule has 3 aromatic carbocycles. The number of phenolic OH excluding ortho intramolecular Hbond substituents is 1. The molecule has 0 saturated heterocycles. The molecule has 0 bridgehead atoms. The summed E-state index contributed by atoms with van der Waals surface area (Å²) in [5.74, 6) is -0.147. The molecule has 1 aromatic heterocycles. The fourth-order valence-corrected chi connectivity index (χ4v) is 4.20. The number of phenols is 1. The van der Waals surface area contributed by atoms with Crippen LogP contribution in [0.15, 0.2) is 66.7 Å². The first-order valence-corrected chi connectivity index (χ1v) is 10.7. The molecule has 0 aliphatic heterocycles. The summed E-state index contributed by atoms with van der Waals surface area (Å²) >= 11 is 6.79. The lowest BCUT2D eigenvalue weighted by molar-refractivity contribution is 0.0977. The molecular formula is C23H19N3O2S2. The maximum Gasteiger partial charge on any atom is 0.257 e. The first-order chi connectivity index (χ1) is 14.5. The van der Waals surface area contributed by atoms with E-state index in [4.69, 9.17) is 12.2 Å². The number of thiazole rings is 1. The summed E-state index contributed by atoms with van der Waals surface area (Å²) in [6, 6.07) is 20.3. The first kappa shape index (κ1) is 20.0. The van der Waals surface area contributed by atoms with Gasteiger partial charge < -0.3 is 10.4 Å². The number of carbonyl (C=O) groups is 1. The van der Waals surface area contributed by atoms with Gasteiger partial charge in [0.1, 0.15) is 10.8 Å². The first-order valence-electron chi connectivity index (χ1n) is 9.43. The standard InChI is InChI=1S/C23H19N3O2S2/c1-2-14-7-9-15(10-8-14)21(28)26-23(29)24-16-11-12-19(27)17(13-16)22-25-18-5-3-4-6-20(18)30-22/h3-13,27H,2H2,1H3,(H2,24,26,28,29). The van der Waals surface area contributed by atoms with E-state index in [0.29, 0.717) is 21.8 Å². The number of hydrogen-bond donors (Lipinski definition) is 3. The third-order valence-electron chi connectivity index (χ3n) is 4.63. The van der Waals surface area contributed by atoms with Crippen molar-refractivity contribution in [2.45, 2.75) is 13.3 Å². The number of anilines is 1. The van der Waals surface area contributed by atoms with Crippen LogP contribution >= 0.6 is 23.6 Å². The van der Waals surface area contributed by atoms with Crippen molar-refractivity contribution in [1.82, 2.24) is 10.3 Å². The Hall–Kier alpha value is -3.29. The van der Waals surface area contributed by atoms with E-state index in [0.717, 1.165) is 16.6 Å². The molecule has 150 valence electrons. The fourth-order valence-electron chi connectivity index (χ4n) is 3.00. The molecule has 30 heavy (non-hydrogen) atoms. The average molecular weight is 434 g/mol. The van der Waals surface area contributed by atoms with Gasteiger partial charge >= 0.3 is 0 Å². The Morgan fingerprint density at radius 3 is 2.60 bits per heavy atom. The Labute approximate surface area is 183 Å². The highest BCUT2D eigenvalue weighted by atomic mass is 32.1. The van der Waals surface area contributed by atoms with Crippen LogP contribution in [0.2, 0.25) is 0 Å². The SMILES string of the molecule is CCc1ccc(C(=O)NC(=S)Nc2ccc(O)c(-c3nc4ccccc4s3)c2)cc1. The second kappa shape index (κ2) is 8.61. The van der Waals surface area contributed by atoms with Crippen LogP contribution in [0.25, 0.3) is 20.8 Å². The Balaban J connectivity index is 1.49. The minimum absolute atomic E-state index is 0.130. The lowest BCUT2D eigenvalue weighted by Gasteiger charge is -2.11. The maximum absolute atomic E-state index is 12.4. The van der Waals surface area contributed by atoms with Gasteiger partial charge in [-0.3, -0.25) is 10.1 Å². The summed E-state index contributed by atoms with van der Waals surface area (Å²) in [6.07, 6.45) is 0.916. The quantitative estimate of drug-likeness (QED) is 0.298. The van der Waals surface area contributed by atoms with Crippen molar-refractivity contribution in [1.29, 1.82) is 0 Å². The Morgan fingerprint density at radius 1 is 1.10 bits per heavy atom. The smallest absolute Gasteiger partial charge is 0.257 e. The third-order valence-corrected chi connectivity index (χ3v) is 5.90. The fraction of sp³-hybridized carbons (Fsp3) is 0.0870. The van der Waals surface area contributed by atoms with Gasteiger partial charge in [0.05, 0.1) is 15.8 Å². The monoisotopic (exact) mass is 433 g/mol. The lowest BCUT2D eigenvalue weighted by atomic mass is 10.1. The molecule has 0 fully saturated rings. The van der Waals surface area contributed by atoms with E-state index in [2.05, 4.69) is 22.5 Å². The number of aromatic hydroxyl groups is 1. The van der Waals surface area contributed by atoms with Crippen LogP contribution in [0.5, 0.6) is 5.75 Å². The van der Waals surface area contributed by atoms with E-state index in [9.17, 15) is 9.90 Å². The van der Waals surface area contributed by atoms with Crippen LogP contribution in [0.1, 0.15) is 22.8 Å². The highest BCUT2D eigenvalue weighted by molar-refractivity contribution is 7.80. The van der Waals surface area contributed by atoms with Gasteiger partial charge in [-0.2, -0.15) is 0 Å². The Bertz CT molecular complexity index is 1200. The minimum Gasteiger partial charge on any atom is -0.507 e. The molecule has 0 radical (unpaired) electrons. The summed E-state index contributed by atoms with van der Waals surface area (Å²) in [4.78, 5) is 17.0. The maximum atomic E-state index is 12.4. The van der Waals surface area contributed by atoms with Gasteiger partial charge in [0, 0.05) is 11.3 Å². The Morgan fingerprint density at radius 2 is 1.87 bits per heavy atom. The number of nitrogens with zero attached hydrogens (tertiary/aromatic N) is 1.